The van der Waals surface area contributed by atoms with Crippen molar-refractivity contribution in [2.45, 2.75) is 37.9 Å². The van der Waals surface area contributed by atoms with Crippen molar-refractivity contribution in [2.24, 2.45) is 0 Å². The van der Waals surface area contributed by atoms with Gasteiger partial charge in [-0.2, -0.15) is 11.8 Å². The van der Waals surface area contributed by atoms with Crippen LogP contribution < -0.4 is 10.2 Å². The number of aliphatic carboxylic acids is 1. The van der Waals surface area contributed by atoms with Crippen LogP contribution in [0.1, 0.15) is 24.8 Å². The zero-order valence-corrected chi connectivity index (χ0v) is 25.5. The second kappa shape index (κ2) is 12.8. The van der Waals surface area contributed by atoms with Gasteiger partial charge in [0.15, 0.2) is 11.6 Å². The second-order valence-corrected chi connectivity index (χ2v) is 12.3. The number of pyridine rings is 1. The van der Waals surface area contributed by atoms with Crippen molar-refractivity contribution in [3.8, 4) is 16.9 Å². The minimum absolute atomic E-state index is 0.0842. The van der Waals surface area contributed by atoms with Gasteiger partial charge in [-0.15, -0.1) is 0 Å². The fourth-order valence-corrected chi connectivity index (χ4v) is 6.10. The maximum atomic E-state index is 14.5. The van der Waals surface area contributed by atoms with Crippen LogP contribution in [0.3, 0.4) is 0 Å². The molecule has 1 aliphatic carbocycles. The number of nitrogens with one attached hydrogen (secondary N) is 1. The third-order valence-electron chi connectivity index (χ3n) is 7.78. The Labute approximate surface area is 263 Å². The number of rotatable bonds is 12. The van der Waals surface area contributed by atoms with Crippen molar-refractivity contribution in [1.82, 2.24) is 14.5 Å². The summed E-state index contributed by atoms with van der Waals surface area (Å²) in [6.45, 7) is 0.685. The molecule has 3 N–H and O–H groups in total. The predicted molar refractivity (Wildman–Crippen MR) is 175 cm³/mol. The first-order valence-corrected chi connectivity index (χ1v) is 16.0. The van der Waals surface area contributed by atoms with E-state index in [-0.39, 0.29) is 11.1 Å². The van der Waals surface area contributed by atoms with Gasteiger partial charge in [0.2, 0.25) is 0 Å². The molecule has 2 heterocycles. The van der Waals surface area contributed by atoms with Gasteiger partial charge in [0, 0.05) is 36.1 Å². The number of carbonyl (C=O) groups is 1. The zero-order chi connectivity index (χ0) is 30.8. The number of carboxylic acid groups (broad SMARTS) is 1. The summed E-state index contributed by atoms with van der Waals surface area (Å²) in [5, 5.41) is 24.5. The average molecular weight is 632 g/mol. The van der Waals surface area contributed by atoms with Gasteiger partial charge in [-0.1, -0.05) is 29.8 Å². The van der Waals surface area contributed by atoms with Crippen molar-refractivity contribution < 1.29 is 19.4 Å². The highest BCUT2D eigenvalue weighted by Crippen LogP contribution is 2.43. The van der Waals surface area contributed by atoms with Crippen molar-refractivity contribution in [2.75, 3.05) is 22.2 Å². The standard InChI is InChI=1S/C33H31ClFN5O3S/c1-44-13-10-29(33(42)43)40(24-7-8-24)30-17-37-28-9-4-21(22-15-26(34)32(41)27(35)16-22)14-25(28)31(30)38-23-5-2-20(3-6-23)18-39-12-11-36-19-39/h2-6,9,11-12,14-17,19,24,29,41H,7-8,10,13,18H2,1H3,(H,37,38)(H,42,43)/t29-/m0/s1. The Balaban J connectivity index is 1.47. The van der Waals surface area contributed by atoms with Crippen LogP contribution in [0.25, 0.3) is 22.0 Å². The molecule has 0 unspecified atom stereocenters. The number of fused-ring (bicyclic) bond motifs is 1. The van der Waals surface area contributed by atoms with Crippen molar-refractivity contribution in [1.29, 1.82) is 0 Å². The largest absolute Gasteiger partial charge is 0.504 e. The molecule has 0 spiro atoms. The van der Waals surface area contributed by atoms with Crippen molar-refractivity contribution >= 4 is 57.3 Å². The van der Waals surface area contributed by atoms with Gasteiger partial charge < -0.3 is 25.0 Å². The third kappa shape index (κ3) is 6.32. The van der Waals surface area contributed by atoms with E-state index in [1.54, 1.807) is 30.5 Å². The van der Waals surface area contributed by atoms with Gasteiger partial charge >= 0.3 is 5.97 Å². The summed E-state index contributed by atoms with van der Waals surface area (Å²) in [7, 11) is 0. The number of aromatic nitrogens is 3. The number of hydrogen-bond acceptors (Lipinski definition) is 7. The van der Waals surface area contributed by atoms with Gasteiger partial charge in [0.1, 0.15) is 6.04 Å². The van der Waals surface area contributed by atoms with E-state index in [1.807, 2.05) is 64.4 Å². The second-order valence-electron chi connectivity index (χ2n) is 10.9. The van der Waals surface area contributed by atoms with Crippen LogP contribution in [-0.2, 0) is 11.3 Å². The lowest BCUT2D eigenvalue weighted by Crippen LogP contribution is -2.43. The summed E-state index contributed by atoms with van der Waals surface area (Å²) in [5.74, 6) is -1.57. The minimum atomic E-state index is -0.871. The van der Waals surface area contributed by atoms with Gasteiger partial charge in [0.05, 0.1) is 34.4 Å². The number of aromatic hydroxyl groups is 1. The molecule has 1 atom stereocenters. The number of phenols is 1. The molecule has 8 nitrogen and oxygen atoms in total. The van der Waals surface area contributed by atoms with Crippen LogP contribution in [0, 0.1) is 5.82 Å². The van der Waals surface area contributed by atoms with Gasteiger partial charge in [-0.25, -0.2) is 14.2 Å². The van der Waals surface area contributed by atoms with Crippen LogP contribution in [-0.4, -0.2) is 54.8 Å². The number of carboxylic acids is 1. The summed E-state index contributed by atoms with van der Waals surface area (Å²) in [4.78, 5) is 23.5. The fraction of sp³-hybridized carbons (Fsp3) is 0.242. The first kappa shape index (κ1) is 29.8. The molecule has 3 aromatic carbocycles. The Hall–Kier alpha value is -4.28. The topological polar surface area (TPSA) is 104 Å². The van der Waals surface area contributed by atoms with E-state index in [2.05, 4.69) is 10.3 Å². The number of benzene rings is 3. The van der Waals surface area contributed by atoms with Crippen LogP contribution >= 0.6 is 23.4 Å². The van der Waals surface area contributed by atoms with E-state index in [0.717, 1.165) is 29.5 Å². The third-order valence-corrected chi connectivity index (χ3v) is 8.71. The maximum absolute atomic E-state index is 14.5. The molecule has 1 aliphatic rings. The van der Waals surface area contributed by atoms with E-state index in [0.29, 0.717) is 46.7 Å². The highest BCUT2D eigenvalue weighted by molar-refractivity contribution is 7.98. The molecule has 11 heteroatoms. The molecule has 0 aliphatic heterocycles. The highest BCUT2D eigenvalue weighted by atomic mass is 35.5. The van der Waals surface area contributed by atoms with Crippen LogP contribution in [0.15, 0.2) is 79.5 Å². The molecule has 0 saturated heterocycles. The summed E-state index contributed by atoms with van der Waals surface area (Å²) in [6, 6.07) is 15.7. The molecule has 1 saturated carbocycles. The lowest BCUT2D eigenvalue weighted by atomic mass is 10.0. The highest BCUT2D eigenvalue weighted by Gasteiger charge is 2.39. The number of imidazole rings is 1. The number of nitrogens with zero attached hydrogens (tertiary/aromatic N) is 4. The van der Waals surface area contributed by atoms with E-state index >= 15 is 0 Å². The number of phenolic OH excluding ortho intramolecular Hbond substituents is 1. The normalized spacial score (nSPS) is 13.6. The number of anilines is 3. The predicted octanol–water partition coefficient (Wildman–Crippen LogP) is 7.56. The van der Waals surface area contributed by atoms with E-state index in [9.17, 15) is 19.4 Å². The van der Waals surface area contributed by atoms with Gasteiger partial charge in [-0.05, 0) is 84.4 Å². The number of hydrogen-bond donors (Lipinski definition) is 3. The van der Waals surface area contributed by atoms with Crippen molar-refractivity contribution in [3.63, 3.8) is 0 Å². The monoisotopic (exact) mass is 631 g/mol. The Morgan fingerprint density at radius 2 is 1.98 bits per heavy atom. The van der Waals surface area contributed by atoms with Crippen LogP contribution in [0.2, 0.25) is 5.02 Å². The molecule has 0 radical (unpaired) electrons. The van der Waals surface area contributed by atoms with Crippen LogP contribution in [0.4, 0.5) is 21.5 Å². The molecule has 0 amide bonds. The number of halogens is 2. The maximum Gasteiger partial charge on any atom is 0.326 e. The minimum Gasteiger partial charge on any atom is -0.504 e. The molecular formula is C33H31ClFN5O3S. The molecule has 226 valence electrons. The molecule has 5 aromatic rings. The van der Waals surface area contributed by atoms with E-state index in [4.69, 9.17) is 16.6 Å². The van der Waals surface area contributed by atoms with Crippen molar-refractivity contribution in [3.05, 3.63) is 95.9 Å². The Morgan fingerprint density at radius 1 is 1.18 bits per heavy atom. The quantitative estimate of drug-likeness (QED) is 0.130. The lowest BCUT2D eigenvalue weighted by Gasteiger charge is -2.33. The smallest absolute Gasteiger partial charge is 0.326 e. The molecule has 0 bridgehead atoms. The molecule has 6 rings (SSSR count). The molecule has 2 aromatic heterocycles. The fourth-order valence-electron chi connectivity index (χ4n) is 5.43. The number of thioether (sulfide) groups is 1. The van der Waals surface area contributed by atoms with Crippen LogP contribution in [0.5, 0.6) is 5.75 Å². The van der Waals surface area contributed by atoms with E-state index < -0.39 is 23.6 Å². The first-order chi connectivity index (χ1) is 21.3. The zero-order valence-electron chi connectivity index (χ0n) is 24.0. The summed E-state index contributed by atoms with van der Waals surface area (Å²) >= 11 is 7.73. The first-order valence-electron chi connectivity index (χ1n) is 14.3. The molecular weight excluding hydrogens is 601 g/mol. The summed E-state index contributed by atoms with van der Waals surface area (Å²) in [5.41, 5.74) is 5.19. The van der Waals surface area contributed by atoms with E-state index in [1.165, 1.54) is 12.1 Å². The Bertz CT molecular complexity index is 1780. The Morgan fingerprint density at radius 3 is 2.64 bits per heavy atom. The van der Waals surface area contributed by atoms with Gasteiger partial charge in [0.25, 0.3) is 0 Å². The summed E-state index contributed by atoms with van der Waals surface area (Å²) < 4.78 is 16.5. The summed E-state index contributed by atoms with van der Waals surface area (Å²) in [6.07, 6.45) is 11.4. The molecule has 44 heavy (non-hydrogen) atoms. The average Bonchev–Trinajstić information content (AvgIpc) is 3.73. The Kier molecular flexibility index (Phi) is 8.63. The lowest BCUT2D eigenvalue weighted by molar-refractivity contribution is -0.138. The van der Waals surface area contributed by atoms with Gasteiger partial charge in [-0.3, -0.25) is 4.98 Å². The molecule has 1 fully saturated rings. The SMILES string of the molecule is CSCC[C@@H](C(=O)O)N(c1cnc2ccc(-c3cc(F)c(O)c(Cl)c3)cc2c1Nc1ccc(Cn2ccnc2)cc1)C1CC1.